The number of rotatable bonds is 8. The zero-order valence-electron chi connectivity index (χ0n) is 17.5. The van der Waals surface area contributed by atoms with Gasteiger partial charge in [-0.25, -0.2) is 4.98 Å². The molecule has 2 aromatic carbocycles. The highest BCUT2D eigenvalue weighted by atomic mass is 32.2. The van der Waals surface area contributed by atoms with Crippen molar-refractivity contribution < 1.29 is 19.1 Å². The number of carboxylic acid groups (broad SMARTS) is 1. The summed E-state index contributed by atoms with van der Waals surface area (Å²) in [6, 6.07) is 17.3. The highest BCUT2D eigenvalue weighted by Gasteiger charge is 2.28. The maximum Gasteiger partial charge on any atom is 0.321 e. The maximum absolute atomic E-state index is 11.5. The van der Waals surface area contributed by atoms with Crippen LogP contribution in [-0.4, -0.2) is 51.7 Å². The van der Waals surface area contributed by atoms with Crippen molar-refractivity contribution in [1.82, 2.24) is 9.88 Å². The molecule has 1 aliphatic heterocycles. The lowest BCUT2D eigenvalue weighted by Gasteiger charge is -2.32. The van der Waals surface area contributed by atoms with E-state index in [1.165, 1.54) is 0 Å². The number of thioether (sulfide) groups is 1. The number of hydrogen-bond acceptors (Lipinski definition) is 6. The Morgan fingerprint density at radius 3 is 2.74 bits per heavy atom. The van der Waals surface area contributed by atoms with Gasteiger partial charge >= 0.3 is 5.97 Å². The van der Waals surface area contributed by atoms with Gasteiger partial charge in [-0.15, -0.1) is 0 Å². The quantitative estimate of drug-likeness (QED) is 0.563. The summed E-state index contributed by atoms with van der Waals surface area (Å²) in [6.45, 7) is 3.86. The Morgan fingerprint density at radius 1 is 1.23 bits per heavy atom. The first-order valence-electron chi connectivity index (χ1n) is 10.4. The smallest absolute Gasteiger partial charge is 0.321 e. The van der Waals surface area contributed by atoms with Crippen molar-refractivity contribution in [1.29, 1.82) is 0 Å². The molecular formula is C24H26N2O4S. The van der Waals surface area contributed by atoms with Crippen LogP contribution in [0.3, 0.4) is 0 Å². The summed E-state index contributed by atoms with van der Waals surface area (Å²) in [7, 11) is 0. The number of aliphatic carboxylic acids is 1. The Hall–Kier alpha value is -2.77. The van der Waals surface area contributed by atoms with Gasteiger partial charge in [0.05, 0.1) is 12.3 Å². The van der Waals surface area contributed by atoms with Crippen LogP contribution >= 0.6 is 11.8 Å². The fourth-order valence-electron chi connectivity index (χ4n) is 3.61. The summed E-state index contributed by atoms with van der Waals surface area (Å²) in [6.07, 6.45) is 0.662. The zero-order valence-corrected chi connectivity index (χ0v) is 18.3. The van der Waals surface area contributed by atoms with Gasteiger partial charge in [-0.3, -0.25) is 9.69 Å². The minimum Gasteiger partial charge on any atom is -0.493 e. The normalized spacial score (nSPS) is 16.9. The van der Waals surface area contributed by atoms with E-state index in [4.69, 9.17) is 9.15 Å². The summed E-state index contributed by atoms with van der Waals surface area (Å²) in [4.78, 5) is 18.1. The lowest BCUT2D eigenvalue weighted by atomic mass is 10.1. The van der Waals surface area contributed by atoms with E-state index < -0.39 is 12.0 Å². The third kappa shape index (κ3) is 5.48. The van der Waals surface area contributed by atoms with E-state index >= 15 is 0 Å². The molecule has 1 fully saturated rings. The Morgan fingerprint density at radius 2 is 2.00 bits per heavy atom. The highest BCUT2D eigenvalue weighted by Crippen LogP contribution is 2.23. The van der Waals surface area contributed by atoms with Gasteiger partial charge in [-0.05, 0) is 36.8 Å². The summed E-state index contributed by atoms with van der Waals surface area (Å²) in [5, 5.41) is 9.42. The topological polar surface area (TPSA) is 75.8 Å². The monoisotopic (exact) mass is 438 g/mol. The second kappa shape index (κ2) is 10.0. The van der Waals surface area contributed by atoms with Crippen molar-refractivity contribution in [2.45, 2.75) is 25.9 Å². The van der Waals surface area contributed by atoms with Crippen molar-refractivity contribution in [3.05, 3.63) is 71.6 Å². The molecule has 1 aromatic heterocycles. The standard InChI is InChI=1S/C24H26N2O4S/c1-17-21(25-23(30-17)19-5-3-2-4-6-19)11-13-29-20-9-7-18(8-10-20)15-26-12-14-31-16-22(26)24(27)28/h2-10,22H,11-16H2,1H3,(H,27,28). The molecule has 6 nitrogen and oxygen atoms in total. The van der Waals surface area contributed by atoms with Crippen LogP contribution in [0.2, 0.25) is 0 Å². The number of benzene rings is 2. The van der Waals surface area contributed by atoms with E-state index in [9.17, 15) is 9.90 Å². The van der Waals surface area contributed by atoms with Crippen molar-refractivity contribution in [3.63, 3.8) is 0 Å². The largest absolute Gasteiger partial charge is 0.493 e. The van der Waals surface area contributed by atoms with E-state index in [0.29, 0.717) is 31.2 Å². The van der Waals surface area contributed by atoms with Gasteiger partial charge < -0.3 is 14.3 Å². The fraction of sp³-hybridized carbons (Fsp3) is 0.333. The lowest BCUT2D eigenvalue weighted by molar-refractivity contribution is -0.142. The van der Waals surface area contributed by atoms with Crippen molar-refractivity contribution in [2.75, 3.05) is 24.7 Å². The molecule has 1 unspecified atom stereocenters. The average molecular weight is 439 g/mol. The van der Waals surface area contributed by atoms with Crippen molar-refractivity contribution >= 4 is 17.7 Å². The maximum atomic E-state index is 11.5. The number of oxazole rings is 1. The van der Waals surface area contributed by atoms with Gasteiger partial charge in [-0.2, -0.15) is 11.8 Å². The number of aryl methyl sites for hydroxylation is 1. The molecule has 1 aliphatic rings. The SMILES string of the molecule is Cc1oc(-c2ccccc2)nc1CCOc1ccc(CN2CCSCC2C(=O)O)cc1. The first-order chi connectivity index (χ1) is 15.1. The second-order valence-corrected chi connectivity index (χ2v) is 8.68. The molecule has 1 N–H and O–H groups in total. The van der Waals surface area contributed by atoms with Crippen LogP contribution in [-0.2, 0) is 17.8 Å². The molecule has 0 spiro atoms. The Bertz CT molecular complexity index is 1000. The summed E-state index contributed by atoms with van der Waals surface area (Å²) in [5.74, 6) is 3.10. The van der Waals surface area contributed by atoms with Crippen molar-refractivity contribution in [2.24, 2.45) is 0 Å². The Labute approximate surface area is 186 Å². The molecule has 1 atom stereocenters. The molecule has 3 aromatic rings. The number of hydrogen-bond donors (Lipinski definition) is 1. The summed E-state index contributed by atoms with van der Waals surface area (Å²) >= 11 is 1.70. The van der Waals surface area contributed by atoms with Crippen LogP contribution in [0.1, 0.15) is 17.0 Å². The van der Waals surface area contributed by atoms with Crippen molar-refractivity contribution in [3.8, 4) is 17.2 Å². The van der Waals surface area contributed by atoms with Crippen LogP contribution in [0.5, 0.6) is 5.75 Å². The molecule has 0 saturated carbocycles. The third-order valence-corrected chi connectivity index (χ3v) is 6.38. The Kier molecular flexibility index (Phi) is 6.94. The van der Waals surface area contributed by atoms with Crippen LogP contribution in [0.15, 0.2) is 59.0 Å². The Balaban J connectivity index is 1.30. The molecule has 1 saturated heterocycles. The van der Waals surface area contributed by atoms with E-state index in [0.717, 1.165) is 40.6 Å². The van der Waals surface area contributed by atoms with E-state index in [1.54, 1.807) is 11.8 Å². The minimum atomic E-state index is -0.745. The predicted octanol–water partition coefficient (Wildman–Crippen LogP) is 4.27. The van der Waals surface area contributed by atoms with Gasteiger partial charge in [0.25, 0.3) is 0 Å². The second-order valence-electron chi connectivity index (χ2n) is 7.53. The zero-order chi connectivity index (χ0) is 21.6. The van der Waals surface area contributed by atoms with Gasteiger partial charge in [0.15, 0.2) is 0 Å². The minimum absolute atomic E-state index is 0.416. The van der Waals surface area contributed by atoms with Crippen LogP contribution in [0.4, 0.5) is 0 Å². The lowest BCUT2D eigenvalue weighted by Crippen LogP contribution is -2.46. The molecule has 0 aliphatic carbocycles. The first kappa shape index (κ1) is 21.5. The van der Waals surface area contributed by atoms with Gasteiger partial charge in [-0.1, -0.05) is 30.3 Å². The van der Waals surface area contributed by atoms with Gasteiger partial charge in [0.2, 0.25) is 5.89 Å². The molecular weight excluding hydrogens is 412 g/mol. The third-order valence-electron chi connectivity index (χ3n) is 5.35. The molecule has 0 bridgehead atoms. The molecule has 0 amide bonds. The van der Waals surface area contributed by atoms with Crippen LogP contribution in [0.25, 0.3) is 11.5 Å². The number of ether oxygens (including phenoxy) is 1. The summed E-state index contributed by atoms with van der Waals surface area (Å²) < 4.78 is 11.7. The number of aromatic nitrogens is 1. The number of carboxylic acids is 1. The van der Waals surface area contributed by atoms with E-state index in [1.807, 2.05) is 66.4 Å². The molecule has 162 valence electrons. The summed E-state index contributed by atoms with van der Waals surface area (Å²) in [5.41, 5.74) is 2.95. The molecule has 7 heteroatoms. The molecule has 4 rings (SSSR count). The van der Waals surface area contributed by atoms with Crippen LogP contribution in [0, 0.1) is 6.92 Å². The first-order valence-corrected chi connectivity index (χ1v) is 11.5. The van der Waals surface area contributed by atoms with Crippen LogP contribution < -0.4 is 4.74 Å². The van der Waals surface area contributed by atoms with E-state index in [-0.39, 0.29) is 0 Å². The predicted molar refractivity (Wildman–Crippen MR) is 121 cm³/mol. The van der Waals surface area contributed by atoms with E-state index in [2.05, 4.69) is 4.98 Å². The number of carbonyl (C=O) groups is 1. The molecule has 31 heavy (non-hydrogen) atoms. The van der Waals surface area contributed by atoms with Gasteiger partial charge in [0.1, 0.15) is 17.6 Å². The number of nitrogens with zero attached hydrogens (tertiary/aromatic N) is 2. The fourth-order valence-corrected chi connectivity index (χ4v) is 4.72. The average Bonchev–Trinajstić information content (AvgIpc) is 3.16. The highest BCUT2D eigenvalue weighted by molar-refractivity contribution is 7.99. The molecule has 2 heterocycles. The molecule has 0 radical (unpaired) electrons. The van der Waals surface area contributed by atoms with Gasteiger partial charge in [0, 0.05) is 36.6 Å².